The van der Waals surface area contributed by atoms with Gasteiger partial charge in [-0.1, -0.05) is 55.5 Å². The molecule has 0 saturated carbocycles. The predicted molar refractivity (Wildman–Crippen MR) is 137 cm³/mol. The van der Waals surface area contributed by atoms with Gasteiger partial charge < -0.3 is 19.5 Å². The minimum Gasteiger partial charge on any atom is -0.483 e. The molecule has 2 bridgehead atoms. The van der Waals surface area contributed by atoms with E-state index in [9.17, 15) is 23.2 Å². The van der Waals surface area contributed by atoms with Crippen LogP contribution in [0.1, 0.15) is 51.9 Å². The summed E-state index contributed by atoms with van der Waals surface area (Å²) in [4.78, 5) is 42.1. The van der Waals surface area contributed by atoms with Crippen molar-refractivity contribution in [2.45, 2.75) is 39.1 Å². The van der Waals surface area contributed by atoms with Gasteiger partial charge in [0, 0.05) is 37.0 Å². The molecule has 1 aromatic heterocycles. The number of hydrogen-bond acceptors (Lipinski definition) is 4. The molecule has 3 heterocycles. The number of fused-ring (bicyclic) bond motifs is 4. The van der Waals surface area contributed by atoms with E-state index >= 15 is 0 Å². The lowest BCUT2D eigenvalue weighted by Crippen LogP contribution is -2.48. The molecule has 0 radical (unpaired) electrons. The molecule has 3 atom stereocenters. The zero-order valence-electron chi connectivity index (χ0n) is 21.0. The molecule has 7 nitrogen and oxygen atoms in total. The normalized spacial score (nSPS) is 20.1. The number of aromatic nitrogens is 1. The molecule has 3 aromatic rings. The molecule has 9 heteroatoms. The highest BCUT2D eigenvalue weighted by Gasteiger charge is 2.40. The van der Waals surface area contributed by atoms with Gasteiger partial charge >= 0.3 is 0 Å². The lowest BCUT2D eigenvalue weighted by molar-refractivity contribution is 0.0608. The van der Waals surface area contributed by atoms with Crippen molar-refractivity contribution in [3.05, 3.63) is 111 Å². The molecule has 2 aliphatic heterocycles. The molecule has 0 saturated heterocycles. The zero-order chi connectivity index (χ0) is 27.0. The molecule has 0 aliphatic carbocycles. The molecule has 2 aromatic carbocycles. The molecule has 2 aliphatic rings. The maximum absolute atomic E-state index is 14.1. The second kappa shape index (κ2) is 10.2. The first kappa shape index (κ1) is 25.4. The monoisotopic (exact) mass is 519 g/mol. The van der Waals surface area contributed by atoms with Crippen LogP contribution in [0.25, 0.3) is 0 Å². The van der Waals surface area contributed by atoms with Crippen LogP contribution in [-0.2, 0) is 13.2 Å². The molecule has 5 rings (SSSR count). The first-order chi connectivity index (χ1) is 18.2. The number of pyridine rings is 1. The van der Waals surface area contributed by atoms with Crippen LogP contribution in [0.5, 0.6) is 5.75 Å². The molecule has 2 unspecified atom stereocenters. The van der Waals surface area contributed by atoms with Crippen LogP contribution in [0.2, 0.25) is 0 Å². The van der Waals surface area contributed by atoms with Crippen LogP contribution < -0.4 is 15.5 Å². The minimum absolute atomic E-state index is 0.00278. The SMILES string of the molecule is CC1C=C[C@H](C)N2CC1n1cc(C(=O)NCc3ccc(F)cc3F)c(=O)c(OCc3ccccc3)c1C2=O. The van der Waals surface area contributed by atoms with Gasteiger partial charge in [0.05, 0.1) is 6.04 Å². The predicted octanol–water partition coefficient (Wildman–Crippen LogP) is 4.23. The highest BCUT2D eigenvalue weighted by atomic mass is 19.1. The van der Waals surface area contributed by atoms with Crippen molar-refractivity contribution in [3.63, 3.8) is 0 Å². The summed E-state index contributed by atoms with van der Waals surface area (Å²) >= 11 is 0. The van der Waals surface area contributed by atoms with Crippen molar-refractivity contribution in [1.29, 1.82) is 0 Å². The topological polar surface area (TPSA) is 80.6 Å². The molecule has 196 valence electrons. The third kappa shape index (κ3) is 4.71. The molecular weight excluding hydrogens is 492 g/mol. The van der Waals surface area contributed by atoms with Crippen molar-refractivity contribution in [1.82, 2.24) is 14.8 Å². The Kier molecular flexibility index (Phi) is 6.84. The van der Waals surface area contributed by atoms with Gasteiger partial charge in [-0.3, -0.25) is 14.4 Å². The third-order valence-corrected chi connectivity index (χ3v) is 7.11. The highest BCUT2D eigenvalue weighted by molar-refractivity contribution is 5.99. The Morgan fingerprint density at radius 2 is 1.84 bits per heavy atom. The van der Waals surface area contributed by atoms with Crippen LogP contribution >= 0.6 is 0 Å². The first-order valence-corrected chi connectivity index (χ1v) is 12.4. The molecular formula is C29H27F2N3O4. The summed E-state index contributed by atoms with van der Waals surface area (Å²) in [6.07, 6.45) is 5.38. The smallest absolute Gasteiger partial charge is 0.275 e. The van der Waals surface area contributed by atoms with E-state index in [0.717, 1.165) is 17.7 Å². The maximum atomic E-state index is 14.1. The van der Waals surface area contributed by atoms with E-state index in [1.54, 1.807) is 9.47 Å². The summed E-state index contributed by atoms with van der Waals surface area (Å²) in [5.41, 5.74) is 0.00265. The number of nitrogens with zero attached hydrogens (tertiary/aromatic N) is 2. The Labute approximate surface area is 218 Å². The molecule has 38 heavy (non-hydrogen) atoms. The number of carbonyl (C=O) groups is 2. The van der Waals surface area contributed by atoms with Crippen LogP contribution in [-0.4, -0.2) is 33.9 Å². The van der Waals surface area contributed by atoms with Gasteiger partial charge in [-0.25, -0.2) is 8.78 Å². The van der Waals surface area contributed by atoms with Crippen LogP contribution in [0.3, 0.4) is 0 Å². The zero-order valence-corrected chi connectivity index (χ0v) is 21.0. The Balaban J connectivity index is 1.56. The highest BCUT2D eigenvalue weighted by Crippen LogP contribution is 2.35. The van der Waals surface area contributed by atoms with Gasteiger partial charge in [0.2, 0.25) is 5.43 Å². The average molecular weight is 520 g/mol. The molecule has 0 fully saturated rings. The summed E-state index contributed by atoms with van der Waals surface area (Å²) in [7, 11) is 0. The number of allylic oxidation sites excluding steroid dienone is 1. The lowest BCUT2D eigenvalue weighted by Gasteiger charge is -2.39. The fourth-order valence-corrected chi connectivity index (χ4v) is 4.89. The number of nitrogens with one attached hydrogen (secondary N) is 1. The van der Waals surface area contributed by atoms with Crippen LogP contribution in [0.15, 0.2) is 71.7 Å². The van der Waals surface area contributed by atoms with Crippen molar-refractivity contribution in [2.75, 3.05) is 6.54 Å². The number of rotatable bonds is 6. The minimum atomic E-state index is -0.807. The quantitative estimate of drug-likeness (QED) is 0.495. The van der Waals surface area contributed by atoms with Crippen molar-refractivity contribution in [2.24, 2.45) is 5.92 Å². The molecule has 0 spiro atoms. The van der Waals surface area contributed by atoms with Gasteiger partial charge in [-0.2, -0.15) is 0 Å². The summed E-state index contributed by atoms with van der Waals surface area (Å²) in [5.74, 6) is -2.84. The number of amides is 2. The van der Waals surface area contributed by atoms with Gasteiger partial charge in [-0.15, -0.1) is 0 Å². The largest absolute Gasteiger partial charge is 0.483 e. The van der Waals surface area contributed by atoms with E-state index in [1.165, 1.54) is 12.3 Å². The summed E-state index contributed by atoms with van der Waals surface area (Å²) in [5, 5.41) is 2.54. The standard InChI is InChI=1S/C29H27F2N3O4/c1-17-8-9-18(2)33-15-24(17)34-14-22(28(36)32-13-20-10-11-21(30)12-23(20)31)26(35)27(25(34)29(33)37)38-16-19-6-4-3-5-7-19/h3-12,14,17-18,24H,13,15-16H2,1-2H3,(H,32,36)/t17?,18-,24?/m0/s1. The van der Waals surface area contributed by atoms with Crippen molar-refractivity contribution < 1.29 is 23.1 Å². The molecule has 2 amide bonds. The Morgan fingerprint density at radius 1 is 1.08 bits per heavy atom. The summed E-state index contributed by atoms with van der Waals surface area (Å²) in [6.45, 7) is 4.11. The summed E-state index contributed by atoms with van der Waals surface area (Å²) in [6, 6.07) is 11.8. The van der Waals surface area contributed by atoms with Crippen LogP contribution in [0, 0.1) is 17.6 Å². The molecule has 1 N–H and O–H groups in total. The first-order valence-electron chi connectivity index (χ1n) is 12.4. The Hall–Kier alpha value is -4.27. The van der Waals surface area contributed by atoms with Crippen molar-refractivity contribution in [3.8, 4) is 5.75 Å². The second-order valence-electron chi connectivity index (χ2n) is 9.66. The van der Waals surface area contributed by atoms with Crippen LogP contribution in [0.4, 0.5) is 8.78 Å². The number of benzene rings is 2. The maximum Gasteiger partial charge on any atom is 0.275 e. The van der Waals surface area contributed by atoms with E-state index in [2.05, 4.69) is 5.32 Å². The van der Waals surface area contributed by atoms with Gasteiger partial charge in [0.15, 0.2) is 11.4 Å². The van der Waals surface area contributed by atoms with E-state index in [0.29, 0.717) is 6.54 Å². The second-order valence-corrected chi connectivity index (χ2v) is 9.66. The van der Waals surface area contributed by atoms with E-state index in [1.807, 2.05) is 56.3 Å². The van der Waals surface area contributed by atoms with E-state index in [-0.39, 0.29) is 59.6 Å². The number of halogens is 2. The fourth-order valence-electron chi connectivity index (χ4n) is 4.89. The fraction of sp³-hybridized carbons (Fsp3) is 0.276. The van der Waals surface area contributed by atoms with Crippen molar-refractivity contribution >= 4 is 11.8 Å². The van der Waals surface area contributed by atoms with Gasteiger partial charge in [0.25, 0.3) is 11.8 Å². The lowest BCUT2D eigenvalue weighted by atomic mass is 9.98. The number of hydrogen-bond donors (Lipinski definition) is 1. The van der Waals surface area contributed by atoms with E-state index in [4.69, 9.17) is 4.74 Å². The third-order valence-electron chi connectivity index (χ3n) is 7.11. The van der Waals surface area contributed by atoms with Gasteiger partial charge in [-0.05, 0) is 24.5 Å². The number of carbonyl (C=O) groups excluding carboxylic acids is 2. The Bertz CT molecular complexity index is 1490. The Morgan fingerprint density at radius 3 is 2.58 bits per heavy atom. The van der Waals surface area contributed by atoms with E-state index < -0.39 is 23.0 Å². The average Bonchev–Trinajstić information content (AvgIpc) is 3.03. The number of ether oxygens (including phenoxy) is 1. The summed E-state index contributed by atoms with van der Waals surface area (Å²) < 4.78 is 35.0. The van der Waals surface area contributed by atoms with Gasteiger partial charge in [0.1, 0.15) is 23.8 Å².